The molecule has 8 heteroatoms. The van der Waals surface area contributed by atoms with E-state index in [2.05, 4.69) is 15.3 Å². The molecule has 3 rings (SSSR count). The molecule has 25 heavy (non-hydrogen) atoms. The van der Waals surface area contributed by atoms with Crippen molar-refractivity contribution in [1.29, 1.82) is 0 Å². The Balaban J connectivity index is 1.67. The van der Waals surface area contributed by atoms with E-state index >= 15 is 0 Å². The van der Waals surface area contributed by atoms with Gasteiger partial charge in [0.05, 0.1) is 11.1 Å². The molecule has 1 aliphatic heterocycles. The molecule has 0 bridgehead atoms. The molecule has 1 aliphatic rings. The minimum Gasteiger partial charge on any atom is -0.478 e. The minimum atomic E-state index is -1.24. The van der Waals surface area contributed by atoms with Crippen molar-refractivity contribution in [3.05, 3.63) is 53.6 Å². The highest BCUT2D eigenvalue weighted by Crippen LogP contribution is 2.17. The van der Waals surface area contributed by atoms with Crippen LogP contribution in [0, 0.1) is 5.82 Å². The van der Waals surface area contributed by atoms with Gasteiger partial charge in [-0.05, 0) is 37.1 Å². The molecule has 0 spiro atoms. The molecule has 1 atom stereocenters. The number of carboxylic acid groups (broad SMARTS) is 1. The number of carbonyl (C=O) groups is 2. The van der Waals surface area contributed by atoms with E-state index in [-0.39, 0.29) is 17.2 Å². The van der Waals surface area contributed by atoms with Gasteiger partial charge in [0.15, 0.2) is 0 Å². The number of rotatable bonds is 4. The summed E-state index contributed by atoms with van der Waals surface area (Å²) < 4.78 is 14.0. The molecule has 1 unspecified atom stereocenters. The van der Waals surface area contributed by atoms with E-state index in [0.29, 0.717) is 12.5 Å². The standard InChI is InChI=1S/C17H17FN4O3/c18-14-9-11(16(24)25)4-5-13(14)15(23)21-12-3-1-8-22(10-12)17-19-6-2-7-20-17/h2,4-7,9,12H,1,3,8,10H2,(H,21,23)(H,24,25). The van der Waals surface area contributed by atoms with Crippen molar-refractivity contribution in [2.75, 3.05) is 18.0 Å². The van der Waals surface area contributed by atoms with Crippen molar-refractivity contribution in [2.24, 2.45) is 0 Å². The van der Waals surface area contributed by atoms with Crippen LogP contribution in [0.2, 0.25) is 0 Å². The van der Waals surface area contributed by atoms with Gasteiger partial charge in [0.2, 0.25) is 5.95 Å². The van der Waals surface area contributed by atoms with Crippen molar-refractivity contribution >= 4 is 17.8 Å². The first-order valence-corrected chi connectivity index (χ1v) is 7.90. The molecule has 1 aromatic heterocycles. The first-order chi connectivity index (χ1) is 12.0. The summed E-state index contributed by atoms with van der Waals surface area (Å²) in [6.45, 7) is 1.32. The first kappa shape index (κ1) is 16.8. The molecule has 0 aliphatic carbocycles. The Kier molecular flexibility index (Phi) is 4.87. The maximum absolute atomic E-state index is 14.0. The maximum Gasteiger partial charge on any atom is 0.335 e. The van der Waals surface area contributed by atoms with E-state index in [4.69, 9.17) is 5.11 Å². The van der Waals surface area contributed by atoms with Gasteiger partial charge in [0.1, 0.15) is 5.82 Å². The van der Waals surface area contributed by atoms with E-state index in [1.807, 2.05) is 4.90 Å². The second-order valence-corrected chi connectivity index (χ2v) is 5.81. The largest absolute Gasteiger partial charge is 0.478 e. The minimum absolute atomic E-state index is 0.163. The molecule has 2 heterocycles. The molecule has 7 nitrogen and oxygen atoms in total. The Morgan fingerprint density at radius 2 is 2.04 bits per heavy atom. The van der Waals surface area contributed by atoms with Crippen LogP contribution < -0.4 is 10.2 Å². The highest BCUT2D eigenvalue weighted by molar-refractivity contribution is 5.96. The number of carbonyl (C=O) groups excluding carboxylic acids is 1. The monoisotopic (exact) mass is 344 g/mol. The molecular weight excluding hydrogens is 327 g/mol. The molecule has 1 fully saturated rings. The van der Waals surface area contributed by atoms with Gasteiger partial charge in [-0.2, -0.15) is 0 Å². The van der Waals surface area contributed by atoms with Crippen LogP contribution in [0.1, 0.15) is 33.6 Å². The third-order valence-corrected chi connectivity index (χ3v) is 4.05. The van der Waals surface area contributed by atoms with Gasteiger partial charge in [-0.3, -0.25) is 4.79 Å². The number of aromatic carboxylic acids is 1. The fourth-order valence-corrected chi connectivity index (χ4v) is 2.83. The predicted octanol–water partition coefficient (Wildman–Crippen LogP) is 1.71. The smallest absolute Gasteiger partial charge is 0.335 e. The fourth-order valence-electron chi connectivity index (χ4n) is 2.83. The molecule has 2 N–H and O–H groups in total. The summed E-state index contributed by atoms with van der Waals surface area (Å²) in [5, 5.41) is 11.7. The number of hydrogen-bond donors (Lipinski definition) is 2. The van der Waals surface area contributed by atoms with Gasteiger partial charge in [0, 0.05) is 31.5 Å². The summed E-state index contributed by atoms with van der Waals surface area (Å²) in [6.07, 6.45) is 4.93. The van der Waals surface area contributed by atoms with Crippen molar-refractivity contribution in [3.8, 4) is 0 Å². The lowest BCUT2D eigenvalue weighted by atomic mass is 10.0. The average Bonchev–Trinajstić information content (AvgIpc) is 2.62. The van der Waals surface area contributed by atoms with Gasteiger partial charge >= 0.3 is 5.97 Å². The molecule has 1 saturated heterocycles. The second kappa shape index (κ2) is 7.25. The molecule has 0 saturated carbocycles. The topological polar surface area (TPSA) is 95.4 Å². The van der Waals surface area contributed by atoms with Crippen molar-refractivity contribution in [3.63, 3.8) is 0 Å². The van der Waals surface area contributed by atoms with E-state index in [9.17, 15) is 14.0 Å². The number of amides is 1. The maximum atomic E-state index is 14.0. The number of nitrogens with zero attached hydrogens (tertiary/aromatic N) is 3. The van der Waals surface area contributed by atoms with Gasteiger partial charge in [-0.1, -0.05) is 0 Å². The van der Waals surface area contributed by atoms with Crippen LogP contribution in [0.15, 0.2) is 36.7 Å². The van der Waals surface area contributed by atoms with Crippen LogP contribution in [-0.4, -0.2) is 46.1 Å². The van der Waals surface area contributed by atoms with E-state index in [1.54, 1.807) is 18.5 Å². The molecule has 0 radical (unpaired) electrons. The summed E-state index contributed by atoms with van der Waals surface area (Å²) >= 11 is 0. The van der Waals surface area contributed by atoms with Gasteiger partial charge in [-0.15, -0.1) is 0 Å². The number of anilines is 1. The van der Waals surface area contributed by atoms with Gasteiger partial charge < -0.3 is 15.3 Å². The lowest BCUT2D eigenvalue weighted by molar-refractivity contribution is 0.0695. The van der Waals surface area contributed by atoms with Crippen molar-refractivity contribution in [2.45, 2.75) is 18.9 Å². The lowest BCUT2D eigenvalue weighted by Crippen LogP contribution is -2.48. The predicted molar refractivity (Wildman–Crippen MR) is 88.1 cm³/mol. The van der Waals surface area contributed by atoms with Crippen LogP contribution in [0.4, 0.5) is 10.3 Å². The third-order valence-electron chi connectivity index (χ3n) is 4.05. The normalized spacial score (nSPS) is 17.2. The van der Waals surface area contributed by atoms with Crippen LogP contribution in [-0.2, 0) is 0 Å². The summed E-state index contributed by atoms with van der Waals surface area (Å²) in [7, 11) is 0. The Morgan fingerprint density at radius 3 is 2.72 bits per heavy atom. The number of halogens is 1. The fraction of sp³-hybridized carbons (Fsp3) is 0.294. The van der Waals surface area contributed by atoms with E-state index in [1.165, 1.54) is 12.1 Å². The van der Waals surface area contributed by atoms with Crippen molar-refractivity contribution in [1.82, 2.24) is 15.3 Å². The van der Waals surface area contributed by atoms with Crippen LogP contribution >= 0.6 is 0 Å². The molecule has 130 valence electrons. The number of carboxylic acids is 1. The highest BCUT2D eigenvalue weighted by Gasteiger charge is 2.24. The summed E-state index contributed by atoms with van der Waals surface area (Å²) in [6, 6.07) is 4.82. The zero-order chi connectivity index (χ0) is 17.8. The van der Waals surface area contributed by atoms with Crippen molar-refractivity contribution < 1.29 is 19.1 Å². The lowest BCUT2D eigenvalue weighted by Gasteiger charge is -2.33. The number of hydrogen-bond acceptors (Lipinski definition) is 5. The van der Waals surface area contributed by atoms with Crippen LogP contribution in [0.5, 0.6) is 0 Å². The Labute approximate surface area is 143 Å². The zero-order valence-corrected chi connectivity index (χ0v) is 13.4. The van der Waals surface area contributed by atoms with E-state index in [0.717, 1.165) is 25.5 Å². The van der Waals surface area contributed by atoms with Gasteiger partial charge in [-0.25, -0.2) is 19.2 Å². The molecule has 2 aromatic rings. The quantitative estimate of drug-likeness (QED) is 0.877. The summed E-state index contributed by atoms with van der Waals surface area (Å²) in [5.74, 6) is -2.05. The average molecular weight is 344 g/mol. The SMILES string of the molecule is O=C(O)c1ccc(C(=O)NC2CCCN(c3ncccn3)C2)c(F)c1. The number of aromatic nitrogens is 2. The Bertz CT molecular complexity index is 785. The number of benzene rings is 1. The highest BCUT2D eigenvalue weighted by atomic mass is 19.1. The number of nitrogens with one attached hydrogen (secondary N) is 1. The molecule has 1 amide bonds. The summed E-state index contributed by atoms with van der Waals surface area (Å²) in [5.41, 5.74) is -0.364. The zero-order valence-electron chi connectivity index (χ0n) is 13.4. The Morgan fingerprint density at radius 1 is 1.28 bits per heavy atom. The number of piperidine rings is 1. The van der Waals surface area contributed by atoms with E-state index < -0.39 is 17.7 Å². The Hall–Kier alpha value is -3.03. The summed E-state index contributed by atoms with van der Waals surface area (Å²) in [4.78, 5) is 33.5. The molecular formula is C17H17FN4O3. The molecule has 1 aromatic carbocycles. The van der Waals surface area contributed by atoms with Crippen LogP contribution in [0.3, 0.4) is 0 Å². The first-order valence-electron chi connectivity index (χ1n) is 7.90. The van der Waals surface area contributed by atoms with Crippen LogP contribution in [0.25, 0.3) is 0 Å². The van der Waals surface area contributed by atoms with Gasteiger partial charge in [0.25, 0.3) is 5.91 Å². The second-order valence-electron chi connectivity index (χ2n) is 5.81. The third kappa shape index (κ3) is 3.90.